The van der Waals surface area contributed by atoms with Crippen molar-refractivity contribution in [2.45, 2.75) is 45.6 Å². The van der Waals surface area contributed by atoms with Crippen molar-refractivity contribution >= 4 is 17.7 Å². The second kappa shape index (κ2) is 8.17. The molecule has 0 aromatic carbocycles. The number of pyridine rings is 1. The topological polar surface area (TPSA) is 117 Å². The standard InChI is InChI=1S/C25H31N5O3/c1-5-6-7-18-21(26)29-23(33)25(18)10-16-9-19(27-13-17(16)11-25)22(32)28-12-15-8-20(31)30(14-15)24(2,3)4/h5-7,9,13,15H,1,8,10-12,14,26H2,2-4H3,(H,28,32)(H,29,33)/b7-6-. The molecule has 8 heteroatoms. The average Bonchev–Trinajstić information content (AvgIpc) is 3.38. The Kier molecular flexibility index (Phi) is 5.64. The van der Waals surface area contributed by atoms with E-state index < -0.39 is 5.41 Å². The number of hydrogen-bond donors (Lipinski definition) is 3. The zero-order valence-electron chi connectivity index (χ0n) is 19.4. The highest BCUT2D eigenvalue weighted by Crippen LogP contribution is 2.46. The van der Waals surface area contributed by atoms with Crippen LogP contribution in [-0.2, 0) is 22.4 Å². The number of allylic oxidation sites excluding steroid dienone is 3. The summed E-state index contributed by atoms with van der Waals surface area (Å²) in [7, 11) is 0. The first-order valence-corrected chi connectivity index (χ1v) is 11.2. The average molecular weight is 450 g/mol. The van der Waals surface area contributed by atoms with Gasteiger partial charge in [0.05, 0.1) is 5.41 Å². The number of nitrogens with one attached hydrogen (secondary N) is 2. The Morgan fingerprint density at radius 3 is 2.76 bits per heavy atom. The molecule has 0 saturated carbocycles. The fourth-order valence-electron chi connectivity index (χ4n) is 5.03. The monoisotopic (exact) mass is 449 g/mol. The summed E-state index contributed by atoms with van der Waals surface area (Å²) in [6.45, 7) is 10.8. The quantitative estimate of drug-likeness (QED) is 0.590. The number of likely N-dealkylation sites (tertiary alicyclic amines) is 1. The van der Waals surface area contributed by atoms with Crippen molar-refractivity contribution in [1.82, 2.24) is 20.5 Å². The van der Waals surface area contributed by atoms with Gasteiger partial charge in [0.2, 0.25) is 11.8 Å². The number of carbonyl (C=O) groups is 3. The fraction of sp³-hybridized carbons (Fsp3) is 0.440. The first-order valence-electron chi connectivity index (χ1n) is 11.2. The van der Waals surface area contributed by atoms with Gasteiger partial charge in [-0.25, -0.2) is 0 Å². The van der Waals surface area contributed by atoms with Gasteiger partial charge in [0.15, 0.2) is 0 Å². The number of amides is 3. The summed E-state index contributed by atoms with van der Waals surface area (Å²) in [6, 6.07) is 1.76. The Labute approximate surface area is 194 Å². The fourth-order valence-corrected chi connectivity index (χ4v) is 5.03. The maximum absolute atomic E-state index is 12.8. The number of nitrogens with two attached hydrogens (primary N) is 1. The molecule has 1 saturated heterocycles. The van der Waals surface area contributed by atoms with Crippen LogP contribution in [0, 0.1) is 11.3 Å². The van der Waals surface area contributed by atoms with E-state index in [9.17, 15) is 14.4 Å². The third-order valence-corrected chi connectivity index (χ3v) is 6.75. The zero-order valence-corrected chi connectivity index (χ0v) is 19.4. The number of carbonyl (C=O) groups excluding carboxylic acids is 3. The van der Waals surface area contributed by atoms with Crippen LogP contribution < -0.4 is 16.4 Å². The highest BCUT2D eigenvalue weighted by atomic mass is 16.2. The molecule has 1 aromatic heterocycles. The molecule has 1 aliphatic carbocycles. The van der Waals surface area contributed by atoms with Gasteiger partial charge >= 0.3 is 0 Å². The van der Waals surface area contributed by atoms with Gasteiger partial charge in [0, 0.05) is 42.7 Å². The molecule has 1 fully saturated rings. The molecule has 3 heterocycles. The first-order chi connectivity index (χ1) is 15.5. The van der Waals surface area contributed by atoms with Crippen LogP contribution in [0.5, 0.6) is 0 Å². The minimum atomic E-state index is -0.788. The van der Waals surface area contributed by atoms with E-state index in [2.05, 4.69) is 22.2 Å². The summed E-state index contributed by atoms with van der Waals surface area (Å²) < 4.78 is 0. The smallest absolute Gasteiger partial charge is 0.269 e. The van der Waals surface area contributed by atoms with Crippen LogP contribution in [0.4, 0.5) is 0 Å². The highest BCUT2D eigenvalue weighted by molar-refractivity contribution is 5.95. The van der Waals surface area contributed by atoms with Gasteiger partial charge in [0.1, 0.15) is 11.5 Å². The molecular formula is C25H31N5O3. The van der Waals surface area contributed by atoms with Gasteiger partial charge in [-0.2, -0.15) is 0 Å². The van der Waals surface area contributed by atoms with Crippen molar-refractivity contribution in [2.75, 3.05) is 13.1 Å². The summed E-state index contributed by atoms with van der Waals surface area (Å²) in [5.41, 5.74) is 7.96. The number of rotatable bonds is 5. The summed E-state index contributed by atoms with van der Waals surface area (Å²) in [6.07, 6.45) is 8.26. The predicted molar refractivity (Wildman–Crippen MR) is 125 cm³/mol. The molecule has 2 unspecified atom stereocenters. The molecule has 174 valence electrons. The van der Waals surface area contributed by atoms with Crippen LogP contribution in [0.1, 0.15) is 48.8 Å². The van der Waals surface area contributed by atoms with Crippen molar-refractivity contribution in [3.63, 3.8) is 0 Å². The molecule has 4 rings (SSSR count). The summed E-state index contributed by atoms with van der Waals surface area (Å²) in [5.74, 6) is 0.129. The lowest BCUT2D eigenvalue weighted by Crippen LogP contribution is -2.42. The molecule has 0 radical (unpaired) electrons. The second-order valence-electron chi connectivity index (χ2n) is 10.1. The highest BCUT2D eigenvalue weighted by Gasteiger charge is 2.51. The Bertz CT molecular complexity index is 1100. The van der Waals surface area contributed by atoms with Crippen molar-refractivity contribution in [2.24, 2.45) is 17.1 Å². The number of hydrogen-bond acceptors (Lipinski definition) is 5. The summed E-state index contributed by atoms with van der Waals surface area (Å²) >= 11 is 0. The molecule has 1 spiro atoms. The molecule has 0 bridgehead atoms. The van der Waals surface area contributed by atoms with Crippen molar-refractivity contribution in [1.29, 1.82) is 0 Å². The van der Waals surface area contributed by atoms with E-state index in [1.807, 2.05) is 31.7 Å². The normalized spacial score (nSPS) is 24.7. The first kappa shape index (κ1) is 22.8. The van der Waals surface area contributed by atoms with Crippen molar-refractivity contribution in [3.8, 4) is 0 Å². The molecule has 3 amide bonds. The maximum Gasteiger partial charge on any atom is 0.269 e. The predicted octanol–water partition coefficient (Wildman–Crippen LogP) is 1.59. The largest absolute Gasteiger partial charge is 0.385 e. The molecule has 8 nitrogen and oxygen atoms in total. The molecule has 1 aromatic rings. The maximum atomic E-state index is 12.8. The van der Waals surface area contributed by atoms with E-state index in [0.717, 1.165) is 16.7 Å². The van der Waals surface area contributed by atoms with Crippen LogP contribution in [0.15, 0.2) is 48.5 Å². The van der Waals surface area contributed by atoms with E-state index in [-0.39, 0.29) is 29.2 Å². The molecule has 2 atom stereocenters. The van der Waals surface area contributed by atoms with Gasteiger partial charge in [-0.05, 0) is 50.8 Å². The van der Waals surface area contributed by atoms with Crippen LogP contribution in [-0.4, -0.2) is 46.2 Å². The number of fused-ring (bicyclic) bond motifs is 1. The SMILES string of the molecule is C=C/C=C\C1=C(N)NC(=O)C12Cc1cnc(C(=O)NCC3CC(=O)N(C(C)(C)C)C3)cc1C2. The van der Waals surface area contributed by atoms with E-state index in [0.29, 0.717) is 43.9 Å². The van der Waals surface area contributed by atoms with Crippen LogP contribution >= 0.6 is 0 Å². The Balaban J connectivity index is 1.45. The van der Waals surface area contributed by atoms with Gasteiger partial charge in [-0.3, -0.25) is 19.4 Å². The van der Waals surface area contributed by atoms with Crippen LogP contribution in [0.25, 0.3) is 0 Å². The Morgan fingerprint density at radius 2 is 2.09 bits per heavy atom. The van der Waals surface area contributed by atoms with E-state index in [1.165, 1.54) is 0 Å². The lowest BCUT2D eigenvalue weighted by molar-refractivity contribution is -0.131. The van der Waals surface area contributed by atoms with Crippen molar-refractivity contribution in [3.05, 3.63) is 65.3 Å². The van der Waals surface area contributed by atoms with E-state index in [4.69, 9.17) is 5.73 Å². The Hall–Kier alpha value is -3.42. The Morgan fingerprint density at radius 1 is 1.36 bits per heavy atom. The molecule has 2 aliphatic heterocycles. The minimum absolute atomic E-state index is 0.0767. The lowest BCUT2D eigenvalue weighted by Gasteiger charge is -2.32. The van der Waals surface area contributed by atoms with Gasteiger partial charge in [0.25, 0.3) is 5.91 Å². The molecule has 3 aliphatic rings. The number of aromatic nitrogens is 1. The molecule has 33 heavy (non-hydrogen) atoms. The van der Waals surface area contributed by atoms with E-state index >= 15 is 0 Å². The minimum Gasteiger partial charge on any atom is -0.385 e. The second-order valence-corrected chi connectivity index (χ2v) is 10.1. The summed E-state index contributed by atoms with van der Waals surface area (Å²) in [4.78, 5) is 44.1. The molecule has 4 N–H and O–H groups in total. The third-order valence-electron chi connectivity index (χ3n) is 6.75. The lowest BCUT2D eigenvalue weighted by atomic mass is 9.78. The van der Waals surface area contributed by atoms with Gasteiger partial charge in [-0.1, -0.05) is 24.8 Å². The van der Waals surface area contributed by atoms with Crippen LogP contribution in [0.3, 0.4) is 0 Å². The van der Waals surface area contributed by atoms with Gasteiger partial charge < -0.3 is 21.3 Å². The van der Waals surface area contributed by atoms with Crippen molar-refractivity contribution < 1.29 is 14.4 Å². The zero-order chi connectivity index (χ0) is 24.0. The van der Waals surface area contributed by atoms with Crippen LogP contribution in [0.2, 0.25) is 0 Å². The third kappa shape index (κ3) is 4.05. The number of nitrogens with zero attached hydrogens (tertiary/aromatic N) is 2. The van der Waals surface area contributed by atoms with E-state index in [1.54, 1.807) is 24.4 Å². The van der Waals surface area contributed by atoms with Gasteiger partial charge in [-0.15, -0.1) is 0 Å². The molecular weight excluding hydrogens is 418 g/mol. The summed E-state index contributed by atoms with van der Waals surface area (Å²) in [5, 5.41) is 5.68.